The van der Waals surface area contributed by atoms with Crippen LogP contribution in [0.5, 0.6) is 0 Å². The third kappa shape index (κ3) is 10.2. The van der Waals surface area contributed by atoms with E-state index in [0.717, 1.165) is 22.3 Å². The SMILES string of the molecule is COC[C@H]1O[C@H](O[C@@H]2[C@@H](OC)[C@H](O)[C@@H](C(=O)Cc3ccccc3)O[C@@H]2O)[C@H](OCc2ccccc2)[C@@H](OCc2ccccc2)[C@@H]1OCc1ccccc1. The van der Waals surface area contributed by atoms with Gasteiger partial charge in [-0.05, 0) is 22.3 Å². The fourth-order valence-corrected chi connectivity index (χ4v) is 6.73. The lowest BCUT2D eigenvalue weighted by atomic mass is 9.93. The van der Waals surface area contributed by atoms with Crippen molar-refractivity contribution >= 4 is 5.78 Å². The van der Waals surface area contributed by atoms with Crippen LogP contribution in [0.3, 0.4) is 0 Å². The Morgan fingerprint density at radius 1 is 0.585 bits per heavy atom. The van der Waals surface area contributed by atoms with Gasteiger partial charge in [0.25, 0.3) is 0 Å². The predicted octanol–water partition coefficient (Wildman–Crippen LogP) is 4.40. The summed E-state index contributed by atoms with van der Waals surface area (Å²) >= 11 is 0. The van der Waals surface area contributed by atoms with Crippen LogP contribution in [0.2, 0.25) is 0 Å². The monoisotopic (exact) mass is 728 g/mol. The van der Waals surface area contributed by atoms with Gasteiger partial charge in [-0.15, -0.1) is 0 Å². The van der Waals surface area contributed by atoms with Crippen molar-refractivity contribution in [1.82, 2.24) is 0 Å². The molecule has 0 amide bonds. The standard InChI is InChI=1S/C42H48O11/c1-46-27-33-36(48-24-29-17-9-4-10-18-29)38(49-25-30-19-11-5-12-20-30)40(50-26-31-21-13-6-14-22-31)42(51-33)53-39-37(47-2)34(44)35(52-41(39)45)32(43)23-28-15-7-3-8-16-28/h3-22,33-42,44-45H,23-27H2,1-2H3/t33-,34-,35-,36-,37+,38+,39-,40-,41+,42-/m1/s1. The smallest absolute Gasteiger partial charge is 0.187 e. The molecule has 4 aromatic carbocycles. The molecule has 4 aromatic rings. The summed E-state index contributed by atoms with van der Waals surface area (Å²) in [6, 6.07) is 38.3. The molecule has 0 radical (unpaired) electrons. The van der Waals surface area contributed by atoms with Crippen LogP contribution in [0, 0.1) is 0 Å². The number of ether oxygens (including phenoxy) is 8. The lowest BCUT2D eigenvalue weighted by Gasteiger charge is -2.48. The first-order valence-electron chi connectivity index (χ1n) is 17.8. The van der Waals surface area contributed by atoms with Crippen molar-refractivity contribution in [2.75, 3.05) is 20.8 Å². The fourth-order valence-electron chi connectivity index (χ4n) is 6.73. The molecular formula is C42H48O11. The van der Waals surface area contributed by atoms with Crippen LogP contribution in [0.4, 0.5) is 0 Å². The molecule has 0 bridgehead atoms. The van der Waals surface area contributed by atoms with E-state index in [4.69, 9.17) is 37.9 Å². The highest BCUT2D eigenvalue weighted by Crippen LogP contribution is 2.35. The number of rotatable bonds is 17. The Morgan fingerprint density at radius 2 is 1.06 bits per heavy atom. The van der Waals surface area contributed by atoms with Crippen molar-refractivity contribution < 1.29 is 52.9 Å². The van der Waals surface area contributed by atoms with Crippen LogP contribution in [0.1, 0.15) is 22.3 Å². The van der Waals surface area contributed by atoms with Gasteiger partial charge in [-0.1, -0.05) is 121 Å². The summed E-state index contributed by atoms with van der Waals surface area (Å²) in [6.45, 7) is 0.791. The molecule has 2 heterocycles. The molecule has 53 heavy (non-hydrogen) atoms. The summed E-state index contributed by atoms with van der Waals surface area (Å²) in [5.41, 5.74) is 3.55. The van der Waals surface area contributed by atoms with Gasteiger partial charge in [-0.25, -0.2) is 0 Å². The van der Waals surface area contributed by atoms with Crippen LogP contribution in [-0.2, 0) is 68.9 Å². The molecule has 282 valence electrons. The molecule has 6 rings (SSSR count). The first-order valence-corrected chi connectivity index (χ1v) is 17.8. The molecule has 0 saturated carbocycles. The van der Waals surface area contributed by atoms with Crippen molar-refractivity contribution in [2.24, 2.45) is 0 Å². The van der Waals surface area contributed by atoms with E-state index in [0.29, 0.717) is 0 Å². The van der Waals surface area contributed by atoms with Crippen molar-refractivity contribution in [3.8, 4) is 0 Å². The molecule has 2 N–H and O–H groups in total. The van der Waals surface area contributed by atoms with E-state index in [1.807, 2.05) is 121 Å². The third-order valence-electron chi connectivity index (χ3n) is 9.42. The van der Waals surface area contributed by atoms with E-state index in [9.17, 15) is 15.0 Å². The highest BCUT2D eigenvalue weighted by Gasteiger charge is 2.54. The first-order chi connectivity index (χ1) is 25.9. The molecule has 0 aliphatic carbocycles. The van der Waals surface area contributed by atoms with E-state index in [1.54, 1.807) is 7.11 Å². The third-order valence-corrected chi connectivity index (χ3v) is 9.42. The normalized spacial score (nSPS) is 28.8. The van der Waals surface area contributed by atoms with Crippen molar-refractivity contribution in [3.63, 3.8) is 0 Å². The minimum Gasteiger partial charge on any atom is -0.387 e. The van der Waals surface area contributed by atoms with Crippen LogP contribution in [-0.4, -0.2) is 98.2 Å². The Bertz CT molecular complexity index is 1650. The number of Topliss-reactive ketones (excluding diaryl/α,β-unsaturated/α-hetero) is 1. The maximum absolute atomic E-state index is 13.3. The average Bonchev–Trinajstić information content (AvgIpc) is 3.19. The highest BCUT2D eigenvalue weighted by atomic mass is 16.8. The molecule has 10 atom stereocenters. The van der Waals surface area contributed by atoms with Crippen LogP contribution < -0.4 is 0 Å². The van der Waals surface area contributed by atoms with E-state index in [2.05, 4.69) is 0 Å². The maximum Gasteiger partial charge on any atom is 0.187 e. The van der Waals surface area contributed by atoms with Crippen LogP contribution >= 0.6 is 0 Å². The first kappa shape index (κ1) is 38.9. The highest BCUT2D eigenvalue weighted by molar-refractivity contribution is 5.86. The molecule has 2 saturated heterocycles. The van der Waals surface area contributed by atoms with Gasteiger partial charge in [-0.3, -0.25) is 4.79 Å². The zero-order valence-electron chi connectivity index (χ0n) is 29.9. The average molecular weight is 729 g/mol. The Hall–Kier alpha value is -3.85. The Morgan fingerprint density at radius 3 is 1.55 bits per heavy atom. The summed E-state index contributed by atoms with van der Waals surface area (Å²) in [6.07, 6.45) is -11.2. The second kappa shape index (κ2) is 19.5. The molecule has 2 aliphatic rings. The second-order valence-corrected chi connectivity index (χ2v) is 13.1. The Labute approximate surface area is 310 Å². The number of hydrogen-bond donors (Lipinski definition) is 2. The van der Waals surface area contributed by atoms with Crippen LogP contribution in [0.25, 0.3) is 0 Å². The zero-order chi connectivity index (χ0) is 37.0. The van der Waals surface area contributed by atoms with Gasteiger partial charge in [0.1, 0.15) is 48.8 Å². The topological polar surface area (TPSA) is 131 Å². The molecule has 0 aromatic heterocycles. The van der Waals surface area contributed by atoms with E-state index < -0.39 is 67.2 Å². The molecular weight excluding hydrogens is 680 g/mol. The van der Waals surface area contributed by atoms with Gasteiger partial charge < -0.3 is 48.1 Å². The molecule has 11 heteroatoms. The van der Waals surface area contributed by atoms with Crippen molar-refractivity contribution in [2.45, 2.75) is 87.7 Å². The van der Waals surface area contributed by atoms with E-state index >= 15 is 0 Å². The molecule has 0 unspecified atom stereocenters. The largest absolute Gasteiger partial charge is 0.387 e. The van der Waals surface area contributed by atoms with Gasteiger partial charge >= 0.3 is 0 Å². The summed E-state index contributed by atoms with van der Waals surface area (Å²) in [7, 11) is 2.94. The number of methoxy groups -OCH3 is 2. The fraction of sp³-hybridized carbons (Fsp3) is 0.405. The van der Waals surface area contributed by atoms with Gasteiger partial charge in [0.15, 0.2) is 18.4 Å². The molecule has 2 fully saturated rings. The Balaban J connectivity index is 1.29. The Kier molecular flexibility index (Phi) is 14.3. The molecule has 2 aliphatic heterocycles. The second-order valence-electron chi connectivity index (χ2n) is 13.1. The predicted molar refractivity (Wildman–Crippen MR) is 193 cm³/mol. The molecule has 11 nitrogen and oxygen atoms in total. The number of carbonyl (C=O) groups is 1. The summed E-state index contributed by atoms with van der Waals surface area (Å²) in [4.78, 5) is 13.3. The van der Waals surface area contributed by atoms with Gasteiger partial charge in [0.05, 0.1) is 26.4 Å². The number of ketones is 1. The summed E-state index contributed by atoms with van der Waals surface area (Å²) < 4.78 is 50.1. The van der Waals surface area contributed by atoms with Gasteiger partial charge in [0, 0.05) is 20.6 Å². The van der Waals surface area contributed by atoms with Gasteiger partial charge in [0.2, 0.25) is 0 Å². The number of hydrogen-bond acceptors (Lipinski definition) is 11. The number of carbonyl (C=O) groups excluding carboxylic acids is 1. The van der Waals surface area contributed by atoms with Gasteiger partial charge in [-0.2, -0.15) is 0 Å². The quantitative estimate of drug-likeness (QED) is 0.160. The number of aliphatic hydroxyl groups excluding tert-OH is 2. The van der Waals surface area contributed by atoms with E-state index in [1.165, 1.54) is 7.11 Å². The number of benzene rings is 4. The summed E-state index contributed by atoms with van der Waals surface area (Å²) in [5.74, 6) is -0.408. The minimum absolute atomic E-state index is 0.00187. The maximum atomic E-state index is 13.3. The van der Waals surface area contributed by atoms with E-state index in [-0.39, 0.29) is 32.8 Å². The summed E-state index contributed by atoms with van der Waals surface area (Å²) in [5, 5.41) is 22.8. The lowest BCUT2D eigenvalue weighted by Crippen LogP contribution is -2.66. The number of aliphatic hydroxyl groups is 2. The van der Waals surface area contributed by atoms with Crippen molar-refractivity contribution in [3.05, 3.63) is 144 Å². The lowest BCUT2D eigenvalue weighted by molar-refractivity contribution is -0.370. The minimum atomic E-state index is -1.66. The van der Waals surface area contributed by atoms with Crippen LogP contribution in [0.15, 0.2) is 121 Å². The zero-order valence-corrected chi connectivity index (χ0v) is 29.9. The molecule has 0 spiro atoms. The van der Waals surface area contributed by atoms with Crippen molar-refractivity contribution in [1.29, 1.82) is 0 Å².